The molecule has 154 valence electrons. The number of fused-ring (bicyclic) bond motifs is 1. The number of sulfonamides is 1. The van der Waals surface area contributed by atoms with E-state index in [4.69, 9.17) is 16.3 Å². The Labute approximate surface area is 176 Å². The van der Waals surface area contributed by atoms with Crippen LogP contribution in [0.3, 0.4) is 0 Å². The van der Waals surface area contributed by atoms with Gasteiger partial charge in [0.15, 0.2) is 0 Å². The van der Waals surface area contributed by atoms with Gasteiger partial charge in [0.1, 0.15) is 0 Å². The van der Waals surface area contributed by atoms with Gasteiger partial charge < -0.3 is 4.74 Å². The van der Waals surface area contributed by atoms with Crippen molar-refractivity contribution in [1.82, 2.24) is 18.9 Å². The number of hydrogen-bond acceptors (Lipinski definition) is 7. The van der Waals surface area contributed by atoms with E-state index in [2.05, 4.69) is 15.4 Å². The van der Waals surface area contributed by atoms with Crippen molar-refractivity contribution in [3.63, 3.8) is 0 Å². The standard InChI is InChI=1S/C17H18ClN5O4S2/c1-10-11(2)28-17-20-16(21-23(10)17)19-15(24)13-9-12(3-4-14(13)18)29(25,26)22-5-7-27-8-6-22/h3-4,9H,5-8H2,1-2H3,(H,19,21,24). The summed E-state index contributed by atoms with van der Waals surface area (Å²) in [6.07, 6.45) is 0. The van der Waals surface area contributed by atoms with Gasteiger partial charge in [-0.15, -0.1) is 5.10 Å². The SMILES string of the molecule is Cc1sc2nc(NC(=O)c3cc(S(=O)(=O)N4CCOCC4)ccc3Cl)nn2c1C. The number of morpholine rings is 1. The molecule has 3 heterocycles. The number of carbonyl (C=O) groups excluding carboxylic acids is 1. The lowest BCUT2D eigenvalue weighted by molar-refractivity contribution is 0.0730. The van der Waals surface area contributed by atoms with E-state index in [1.54, 1.807) is 4.52 Å². The minimum Gasteiger partial charge on any atom is -0.379 e. The Bertz CT molecular complexity index is 1200. The van der Waals surface area contributed by atoms with Crippen molar-refractivity contribution < 1.29 is 17.9 Å². The third-order valence-electron chi connectivity index (χ3n) is 4.66. The van der Waals surface area contributed by atoms with Crippen molar-refractivity contribution in [3.05, 3.63) is 39.4 Å². The molecule has 3 aromatic rings. The van der Waals surface area contributed by atoms with Crippen LogP contribution < -0.4 is 5.32 Å². The molecule has 1 amide bonds. The number of amides is 1. The van der Waals surface area contributed by atoms with Gasteiger partial charge in [0.2, 0.25) is 15.0 Å². The molecule has 0 aliphatic carbocycles. The second-order valence-electron chi connectivity index (χ2n) is 6.49. The highest BCUT2D eigenvalue weighted by Crippen LogP contribution is 2.25. The van der Waals surface area contributed by atoms with Crippen molar-refractivity contribution in [3.8, 4) is 0 Å². The molecule has 0 saturated carbocycles. The van der Waals surface area contributed by atoms with E-state index in [0.717, 1.165) is 10.6 Å². The molecule has 0 atom stereocenters. The summed E-state index contributed by atoms with van der Waals surface area (Å²) >= 11 is 7.63. The molecule has 29 heavy (non-hydrogen) atoms. The fourth-order valence-electron chi connectivity index (χ4n) is 2.94. The predicted molar refractivity (Wildman–Crippen MR) is 109 cm³/mol. The van der Waals surface area contributed by atoms with E-state index < -0.39 is 15.9 Å². The number of anilines is 1. The van der Waals surface area contributed by atoms with Crippen molar-refractivity contribution in [2.75, 3.05) is 31.6 Å². The average Bonchev–Trinajstić information content (AvgIpc) is 3.20. The Kier molecular flexibility index (Phi) is 5.34. The lowest BCUT2D eigenvalue weighted by Crippen LogP contribution is -2.40. The predicted octanol–water partition coefficient (Wildman–Crippen LogP) is 2.33. The summed E-state index contributed by atoms with van der Waals surface area (Å²) in [5.74, 6) is -0.455. The molecule has 1 aliphatic heterocycles. The zero-order valence-corrected chi connectivity index (χ0v) is 18.1. The first-order chi connectivity index (χ1) is 13.8. The molecule has 9 nitrogen and oxygen atoms in total. The van der Waals surface area contributed by atoms with Crippen LogP contribution in [-0.2, 0) is 14.8 Å². The molecule has 4 rings (SSSR count). The molecule has 0 unspecified atom stereocenters. The second kappa shape index (κ2) is 7.65. The number of aryl methyl sites for hydroxylation is 2. The molecule has 1 aliphatic rings. The molecule has 1 fully saturated rings. The Balaban J connectivity index is 1.61. The molecule has 0 radical (unpaired) electrons. The summed E-state index contributed by atoms with van der Waals surface area (Å²) in [7, 11) is -3.75. The summed E-state index contributed by atoms with van der Waals surface area (Å²) in [5, 5.41) is 7.00. The first-order valence-electron chi connectivity index (χ1n) is 8.79. The Hall–Kier alpha value is -2.05. The normalized spacial score (nSPS) is 15.7. The molecule has 12 heteroatoms. The quantitative estimate of drug-likeness (QED) is 0.647. The smallest absolute Gasteiger partial charge is 0.259 e. The number of carbonyl (C=O) groups is 1. The van der Waals surface area contributed by atoms with E-state index in [1.165, 1.54) is 33.8 Å². The lowest BCUT2D eigenvalue weighted by atomic mass is 10.2. The average molecular weight is 456 g/mol. The number of ether oxygens (including phenoxy) is 1. The Morgan fingerprint density at radius 1 is 1.28 bits per heavy atom. The van der Waals surface area contributed by atoms with Gasteiger partial charge in [-0.05, 0) is 32.0 Å². The molecule has 1 N–H and O–H groups in total. The fraction of sp³-hybridized carbons (Fsp3) is 0.353. The monoisotopic (exact) mass is 455 g/mol. The minimum absolute atomic E-state index is 0.000739. The maximum absolute atomic E-state index is 12.9. The van der Waals surface area contributed by atoms with Gasteiger partial charge in [-0.1, -0.05) is 22.9 Å². The number of benzene rings is 1. The van der Waals surface area contributed by atoms with Gasteiger partial charge in [0, 0.05) is 18.0 Å². The largest absolute Gasteiger partial charge is 0.379 e. The zero-order chi connectivity index (χ0) is 20.8. The fourth-order valence-corrected chi connectivity index (χ4v) is 5.48. The third kappa shape index (κ3) is 3.76. The Morgan fingerprint density at radius 2 is 2.00 bits per heavy atom. The van der Waals surface area contributed by atoms with Crippen LogP contribution in [0, 0.1) is 13.8 Å². The first-order valence-corrected chi connectivity index (χ1v) is 11.4. The molecule has 0 spiro atoms. The van der Waals surface area contributed by atoms with Gasteiger partial charge in [-0.3, -0.25) is 10.1 Å². The lowest BCUT2D eigenvalue weighted by Gasteiger charge is -2.26. The highest BCUT2D eigenvalue weighted by atomic mass is 35.5. The number of halogens is 1. The van der Waals surface area contributed by atoms with E-state index in [-0.39, 0.29) is 34.5 Å². The van der Waals surface area contributed by atoms with Crippen LogP contribution in [0.2, 0.25) is 5.02 Å². The summed E-state index contributed by atoms with van der Waals surface area (Å²) in [5.41, 5.74) is 0.974. The number of thiazole rings is 1. The van der Waals surface area contributed by atoms with Gasteiger partial charge in [0.25, 0.3) is 11.9 Å². The van der Waals surface area contributed by atoms with Crippen LogP contribution in [0.4, 0.5) is 5.95 Å². The van der Waals surface area contributed by atoms with Crippen LogP contribution in [-0.4, -0.2) is 59.5 Å². The highest BCUT2D eigenvalue weighted by Gasteiger charge is 2.28. The highest BCUT2D eigenvalue weighted by molar-refractivity contribution is 7.89. The number of nitrogens with zero attached hydrogens (tertiary/aromatic N) is 4. The van der Waals surface area contributed by atoms with Crippen molar-refractivity contribution in [1.29, 1.82) is 0 Å². The van der Waals surface area contributed by atoms with Crippen molar-refractivity contribution in [2.24, 2.45) is 0 Å². The van der Waals surface area contributed by atoms with E-state index >= 15 is 0 Å². The van der Waals surface area contributed by atoms with E-state index in [9.17, 15) is 13.2 Å². The topological polar surface area (TPSA) is 106 Å². The summed E-state index contributed by atoms with van der Waals surface area (Å²) in [4.78, 5) is 18.8. The van der Waals surface area contributed by atoms with Crippen molar-refractivity contribution in [2.45, 2.75) is 18.7 Å². The van der Waals surface area contributed by atoms with Crippen LogP contribution in [0.15, 0.2) is 23.1 Å². The van der Waals surface area contributed by atoms with Gasteiger partial charge in [-0.2, -0.15) is 9.29 Å². The van der Waals surface area contributed by atoms with Crippen molar-refractivity contribution >= 4 is 49.8 Å². The maximum Gasteiger partial charge on any atom is 0.259 e. The number of aromatic nitrogens is 3. The number of hydrogen-bond donors (Lipinski definition) is 1. The number of nitrogens with one attached hydrogen (secondary N) is 1. The molecule has 0 bridgehead atoms. The summed E-state index contributed by atoms with van der Waals surface area (Å²) in [6.45, 7) is 5.08. The molecular formula is C17H18ClN5O4S2. The van der Waals surface area contributed by atoms with Gasteiger partial charge >= 0.3 is 0 Å². The van der Waals surface area contributed by atoms with Gasteiger partial charge in [0.05, 0.1) is 34.4 Å². The van der Waals surface area contributed by atoms with Crippen LogP contribution in [0.25, 0.3) is 4.96 Å². The molecule has 2 aromatic heterocycles. The number of rotatable bonds is 4. The molecule has 1 saturated heterocycles. The van der Waals surface area contributed by atoms with Crippen LogP contribution in [0.5, 0.6) is 0 Å². The molecule has 1 aromatic carbocycles. The van der Waals surface area contributed by atoms with E-state index in [0.29, 0.717) is 18.2 Å². The van der Waals surface area contributed by atoms with Crippen LogP contribution in [0.1, 0.15) is 20.9 Å². The second-order valence-corrected chi connectivity index (χ2v) is 10.0. The summed E-state index contributed by atoms with van der Waals surface area (Å²) in [6, 6.07) is 4.06. The Morgan fingerprint density at radius 3 is 2.69 bits per heavy atom. The zero-order valence-electron chi connectivity index (χ0n) is 15.7. The maximum atomic E-state index is 12.9. The van der Waals surface area contributed by atoms with Crippen LogP contribution >= 0.6 is 22.9 Å². The first kappa shape index (κ1) is 20.2. The summed E-state index contributed by atoms with van der Waals surface area (Å²) < 4.78 is 33.9. The minimum atomic E-state index is -3.75. The van der Waals surface area contributed by atoms with Gasteiger partial charge in [-0.25, -0.2) is 12.9 Å². The molecular weight excluding hydrogens is 438 g/mol. The third-order valence-corrected chi connectivity index (χ3v) is 7.94. The van der Waals surface area contributed by atoms with E-state index in [1.807, 2.05) is 13.8 Å².